The third kappa shape index (κ3) is 2.88. The summed E-state index contributed by atoms with van der Waals surface area (Å²) in [5.74, 6) is 0.00449. The number of aromatic nitrogens is 1. The van der Waals surface area contributed by atoms with Gasteiger partial charge in [-0.15, -0.1) is 0 Å². The van der Waals surface area contributed by atoms with E-state index in [9.17, 15) is 4.79 Å². The standard InChI is InChI=1S/C13H14ClN3OS/c14-8-4-5-11-10(7-8)16-13(19-11)17-12(18)9-3-1-2-6-15-9/h4-5,7,9,15H,1-3,6H2,(H,16,17,18). The number of benzene rings is 1. The summed E-state index contributed by atoms with van der Waals surface area (Å²) < 4.78 is 1.02. The summed E-state index contributed by atoms with van der Waals surface area (Å²) in [6, 6.07) is 5.46. The van der Waals surface area contributed by atoms with Crippen LogP contribution < -0.4 is 10.6 Å². The van der Waals surface area contributed by atoms with Crippen molar-refractivity contribution in [3.63, 3.8) is 0 Å². The van der Waals surface area contributed by atoms with Crippen molar-refractivity contribution in [3.05, 3.63) is 23.2 Å². The van der Waals surface area contributed by atoms with E-state index in [1.165, 1.54) is 11.3 Å². The Balaban J connectivity index is 1.75. The number of anilines is 1. The Labute approximate surface area is 120 Å². The minimum absolute atomic E-state index is 0.00449. The number of hydrogen-bond acceptors (Lipinski definition) is 4. The number of halogens is 1. The minimum atomic E-state index is -0.0932. The van der Waals surface area contributed by atoms with Crippen molar-refractivity contribution in [3.8, 4) is 0 Å². The van der Waals surface area contributed by atoms with Crippen molar-refractivity contribution in [2.45, 2.75) is 25.3 Å². The largest absolute Gasteiger partial charge is 0.306 e. The number of piperidine rings is 1. The van der Waals surface area contributed by atoms with Crippen LogP contribution in [0.25, 0.3) is 10.2 Å². The molecular weight excluding hydrogens is 282 g/mol. The van der Waals surface area contributed by atoms with E-state index in [1.807, 2.05) is 18.2 Å². The van der Waals surface area contributed by atoms with Gasteiger partial charge in [-0.05, 0) is 37.6 Å². The average molecular weight is 296 g/mol. The molecule has 0 aliphatic carbocycles. The van der Waals surface area contributed by atoms with Crippen molar-refractivity contribution in [1.29, 1.82) is 0 Å². The van der Waals surface area contributed by atoms with Crippen molar-refractivity contribution >= 4 is 44.2 Å². The van der Waals surface area contributed by atoms with Crippen LogP contribution in [0.2, 0.25) is 5.02 Å². The summed E-state index contributed by atoms with van der Waals surface area (Å²) >= 11 is 7.39. The second kappa shape index (κ2) is 5.45. The van der Waals surface area contributed by atoms with Gasteiger partial charge in [0.2, 0.25) is 5.91 Å². The van der Waals surface area contributed by atoms with Crippen molar-refractivity contribution < 1.29 is 4.79 Å². The lowest BCUT2D eigenvalue weighted by Crippen LogP contribution is -2.43. The molecule has 0 bridgehead atoms. The van der Waals surface area contributed by atoms with Crippen LogP contribution in [-0.2, 0) is 4.79 Å². The number of rotatable bonds is 2. The van der Waals surface area contributed by atoms with Gasteiger partial charge in [-0.1, -0.05) is 29.4 Å². The molecule has 1 unspecified atom stereocenters. The molecule has 1 aromatic heterocycles. The zero-order valence-corrected chi connectivity index (χ0v) is 11.9. The molecule has 100 valence electrons. The van der Waals surface area contributed by atoms with Gasteiger partial charge in [-0.3, -0.25) is 4.79 Å². The number of amides is 1. The lowest BCUT2D eigenvalue weighted by molar-refractivity contribution is -0.118. The number of thiazole rings is 1. The number of fused-ring (bicyclic) bond motifs is 1. The van der Waals surface area contributed by atoms with Gasteiger partial charge in [0.05, 0.1) is 16.3 Å². The number of carbonyl (C=O) groups excluding carboxylic acids is 1. The molecule has 1 fully saturated rings. The van der Waals surface area contributed by atoms with Crippen molar-refractivity contribution in [1.82, 2.24) is 10.3 Å². The average Bonchev–Trinajstić information content (AvgIpc) is 2.81. The van der Waals surface area contributed by atoms with E-state index in [0.717, 1.165) is 36.0 Å². The third-order valence-corrected chi connectivity index (χ3v) is 4.39. The molecule has 2 N–H and O–H groups in total. The molecule has 3 rings (SSSR count). The normalized spacial score (nSPS) is 19.5. The molecule has 2 aromatic rings. The first-order valence-electron chi connectivity index (χ1n) is 6.33. The molecule has 1 atom stereocenters. The highest BCUT2D eigenvalue weighted by Crippen LogP contribution is 2.28. The molecule has 0 spiro atoms. The molecule has 1 aliphatic heterocycles. The molecule has 1 aliphatic rings. The van der Waals surface area contributed by atoms with Gasteiger partial charge in [0.25, 0.3) is 0 Å². The van der Waals surface area contributed by atoms with Crippen LogP contribution >= 0.6 is 22.9 Å². The SMILES string of the molecule is O=C(Nc1nc2cc(Cl)ccc2s1)C1CCCCN1. The second-order valence-corrected chi connectivity index (χ2v) is 6.09. The van der Waals surface area contributed by atoms with Crippen LogP contribution in [0.4, 0.5) is 5.13 Å². The van der Waals surface area contributed by atoms with Crippen LogP contribution in [0, 0.1) is 0 Å². The van der Waals surface area contributed by atoms with Gasteiger partial charge < -0.3 is 10.6 Å². The number of carbonyl (C=O) groups is 1. The highest BCUT2D eigenvalue weighted by molar-refractivity contribution is 7.22. The van der Waals surface area contributed by atoms with E-state index in [1.54, 1.807) is 0 Å². The van der Waals surface area contributed by atoms with Gasteiger partial charge >= 0.3 is 0 Å². The van der Waals surface area contributed by atoms with E-state index in [4.69, 9.17) is 11.6 Å². The van der Waals surface area contributed by atoms with Gasteiger partial charge in [0.1, 0.15) is 0 Å². The van der Waals surface area contributed by atoms with Crippen LogP contribution in [-0.4, -0.2) is 23.5 Å². The molecule has 1 saturated heterocycles. The summed E-state index contributed by atoms with van der Waals surface area (Å²) in [4.78, 5) is 16.5. The maximum Gasteiger partial charge on any atom is 0.243 e. The molecule has 0 saturated carbocycles. The smallest absolute Gasteiger partial charge is 0.243 e. The first-order chi connectivity index (χ1) is 9.22. The first kappa shape index (κ1) is 12.8. The summed E-state index contributed by atoms with van der Waals surface area (Å²) in [6.45, 7) is 0.910. The zero-order valence-electron chi connectivity index (χ0n) is 10.3. The summed E-state index contributed by atoms with van der Waals surface area (Å²) in [6.07, 6.45) is 3.13. The van der Waals surface area contributed by atoms with Crippen molar-refractivity contribution in [2.75, 3.05) is 11.9 Å². The predicted molar refractivity (Wildman–Crippen MR) is 78.9 cm³/mol. The van der Waals surface area contributed by atoms with E-state index in [2.05, 4.69) is 15.6 Å². The number of hydrogen-bond donors (Lipinski definition) is 2. The molecule has 19 heavy (non-hydrogen) atoms. The Hall–Kier alpha value is -1.17. The number of nitrogens with one attached hydrogen (secondary N) is 2. The second-order valence-electron chi connectivity index (χ2n) is 4.62. The van der Waals surface area contributed by atoms with Gasteiger partial charge in [-0.25, -0.2) is 4.98 Å². The molecule has 4 nitrogen and oxygen atoms in total. The molecule has 2 heterocycles. The molecule has 1 amide bonds. The Kier molecular flexibility index (Phi) is 3.68. The fourth-order valence-corrected chi connectivity index (χ4v) is 3.24. The topological polar surface area (TPSA) is 54.0 Å². The Morgan fingerprint density at radius 3 is 3.16 bits per heavy atom. The highest BCUT2D eigenvalue weighted by atomic mass is 35.5. The fourth-order valence-electron chi connectivity index (χ4n) is 2.22. The lowest BCUT2D eigenvalue weighted by Gasteiger charge is -2.21. The summed E-state index contributed by atoms with van der Waals surface area (Å²) in [5, 5.41) is 7.40. The molecule has 0 radical (unpaired) electrons. The fraction of sp³-hybridized carbons (Fsp3) is 0.385. The van der Waals surface area contributed by atoms with E-state index >= 15 is 0 Å². The predicted octanol–water partition coefficient (Wildman–Crippen LogP) is 3.03. The first-order valence-corrected chi connectivity index (χ1v) is 7.52. The zero-order chi connectivity index (χ0) is 13.2. The minimum Gasteiger partial charge on any atom is -0.306 e. The maximum absolute atomic E-state index is 12.1. The lowest BCUT2D eigenvalue weighted by atomic mass is 10.0. The Bertz CT molecular complexity index is 607. The van der Waals surface area contributed by atoms with Gasteiger partial charge in [-0.2, -0.15) is 0 Å². The van der Waals surface area contributed by atoms with E-state index in [0.29, 0.717) is 10.2 Å². The van der Waals surface area contributed by atoms with Crippen LogP contribution in [0.3, 0.4) is 0 Å². The van der Waals surface area contributed by atoms with Crippen molar-refractivity contribution in [2.24, 2.45) is 0 Å². The van der Waals surface area contributed by atoms with Crippen LogP contribution in [0.1, 0.15) is 19.3 Å². The van der Waals surface area contributed by atoms with Gasteiger partial charge in [0.15, 0.2) is 5.13 Å². The maximum atomic E-state index is 12.1. The summed E-state index contributed by atoms with van der Waals surface area (Å²) in [5.41, 5.74) is 0.824. The molecule has 6 heteroatoms. The quantitative estimate of drug-likeness (QED) is 0.895. The van der Waals surface area contributed by atoms with Crippen LogP contribution in [0.15, 0.2) is 18.2 Å². The van der Waals surface area contributed by atoms with E-state index < -0.39 is 0 Å². The monoisotopic (exact) mass is 295 g/mol. The number of nitrogens with zero attached hydrogens (tertiary/aromatic N) is 1. The highest BCUT2D eigenvalue weighted by Gasteiger charge is 2.21. The Morgan fingerprint density at radius 1 is 1.47 bits per heavy atom. The summed E-state index contributed by atoms with van der Waals surface area (Å²) in [7, 11) is 0. The van der Waals surface area contributed by atoms with Crippen LogP contribution in [0.5, 0.6) is 0 Å². The van der Waals surface area contributed by atoms with E-state index in [-0.39, 0.29) is 11.9 Å². The molecular formula is C13H14ClN3OS. The molecule has 1 aromatic carbocycles. The van der Waals surface area contributed by atoms with Gasteiger partial charge in [0, 0.05) is 5.02 Å². The third-order valence-electron chi connectivity index (χ3n) is 3.21. The Morgan fingerprint density at radius 2 is 2.37 bits per heavy atom.